The maximum atomic E-state index is 6.58. The average molecular weight is 588 g/mol. The number of fused-ring (bicyclic) bond motifs is 3. The van der Waals surface area contributed by atoms with Crippen molar-refractivity contribution in [1.82, 2.24) is 4.98 Å². The Morgan fingerprint density at radius 3 is 2.33 bits per heavy atom. The second-order valence-corrected chi connectivity index (χ2v) is 13.8. The summed E-state index contributed by atoms with van der Waals surface area (Å²) in [5, 5.41) is 5.50. The number of rotatable bonds is 5. The number of para-hydroxylation sites is 1. The lowest BCUT2D eigenvalue weighted by molar-refractivity contribution is 0.497. The first kappa shape index (κ1) is 26.7. The summed E-state index contributed by atoms with van der Waals surface area (Å²) in [4.78, 5) is 9.51. The third kappa shape index (κ3) is 4.75. The Balaban J connectivity index is 1.23. The van der Waals surface area contributed by atoms with Gasteiger partial charge in [0.15, 0.2) is 5.06 Å². The molecule has 0 bridgehead atoms. The summed E-state index contributed by atoms with van der Waals surface area (Å²) in [7, 11) is 0. The fraction of sp³-hybridized carbons (Fsp3) is 0.194. The summed E-state index contributed by atoms with van der Waals surface area (Å²) in [6.07, 6.45) is 1.94. The van der Waals surface area contributed by atoms with Crippen LogP contribution in [0.2, 0.25) is 0 Å². The van der Waals surface area contributed by atoms with E-state index in [1.54, 1.807) is 22.7 Å². The zero-order valence-electron chi connectivity index (χ0n) is 24.5. The van der Waals surface area contributed by atoms with Crippen molar-refractivity contribution in [2.45, 2.75) is 40.0 Å². The molecule has 1 aliphatic heterocycles. The summed E-state index contributed by atoms with van der Waals surface area (Å²) in [5.74, 6) is 0.832. The van der Waals surface area contributed by atoms with Crippen LogP contribution in [0.3, 0.4) is 0 Å². The molecule has 0 atom stereocenters. The van der Waals surface area contributed by atoms with E-state index in [9.17, 15) is 0 Å². The molecule has 0 unspecified atom stereocenters. The monoisotopic (exact) mass is 587 g/mol. The largest absolute Gasteiger partial charge is 0.447 e. The van der Waals surface area contributed by atoms with E-state index >= 15 is 0 Å². The van der Waals surface area contributed by atoms with E-state index in [4.69, 9.17) is 9.72 Å². The molecule has 210 valence electrons. The van der Waals surface area contributed by atoms with Gasteiger partial charge in [-0.15, -0.1) is 11.3 Å². The van der Waals surface area contributed by atoms with Gasteiger partial charge in [-0.3, -0.25) is 4.98 Å². The van der Waals surface area contributed by atoms with Crippen LogP contribution in [0.4, 0.5) is 11.4 Å². The van der Waals surface area contributed by atoms with E-state index in [0.717, 1.165) is 34.4 Å². The van der Waals surface area contributed by atoms with Gasteiger partial charge < -0.3 is 14.5 Å². The minimum absolute atomic E-state index is 0.0529. The van der Waals surface area contributed by atoms with Gasteiger partial charge in [0, 0.05) is 66.8 Å². The molecule has 0 N–H and O–H groups in total. The number of anilines is 2. The Morgan fingerprint density at radius 1 is 0.786 bits per heavy atom. The highest BCUT2D eigenvalue weighted by atomic mass is 32.1. The maximum absolute atomic E-state index is 6.58. The van der Waals surface area contributed by atoms with Gasteiger partial charge in [0.2, 0.25) is 0 Å². The number of hydrogen-bond acceptors (Lipinski definition) is 6. The highest BCUT2D eigenvalue weighted by Gasteiger charge is 2.26. The summed E-state index contributed by atoms with van der Waals surface area (Å²) in [6.45, 7) is 11.9. The topological polar surface area (TPSA) is 28.6 Å². The molecule has 4 heterocycles. The zero-order valence-corrected chi connectivity index (χ0v) is 26.1. The van der Waals surface area contributed by atoms with Crippen molar-refractivity contribution in [1.29, 1.82) is 0 Å². The van der Waals surface area contributed by atoms with Crippen molar-refractivity contribution < 1.29 is 4.74 Å². The van der Waals surface area contributed by atoms with E-state index in [1.807, 2.05) is 12.3 Å². The lowest BCUT2D eigenvalue weighted by Gasteiger charge is -2.24. The molecule has 7 rings (SSSR count). The van der Waals surface area contributed by atoms with Crippen LogP contribution in [0.1, 0.15) is 40.2 Å². The highest BCUT2D eigenvalue weighted by molar-refractivity contribution is 7.23. The van der Waals surface area contributed by atoms with E-state index < -0.39 is 0 Å². The highest BCUT2D eigenvalue weighted by Crippen LogP contribution is 2.45. The molecule has 4 nitrogen and oxygen atoms in total. The van der Waals surface area contributed by atoms with Crippen molar-refractivity contribution in [2.24, 2.45) is 0 Å². The minimum Gasteiger partial charge on any atom is -0.447 e. The molecule has 6 aromatic rings. The van der Waals surface area contributed by atoms with Gasteiger partial charge in [-0.25, -0.2) is 0 Å². The van der Waals surface area contributed by atoms with Crippen LogP contribution in [0.5, 0.6) is 10.8 Å². The summed E-state index contributed by atoms with van der Waals surface area (Å²) in [5.41, 5.74) is 8.31. The Hall–Kier alpha value is -4.13. The normalized spacial score (nSPS) is 14.0. The van der Waals surface area contributed by atoms with Crippen molar-refractivity contribution in [2.75, 3.05) is 16.5 Å². The molecule has 0 saturated heterocycles. The number of ether oxygens (including phenoxy) is 1. The van der Waals surface area contributed by atoms with Gasteiger partial charge in [0.25, 0.3) is 0 Å². The zero-order chi connectivity index (χ0) is 29.0. The van der Waals surface area contributed by atoms with Gasteiger partial charge in [-0.2, -0.15) is 0 Å². The molecule has 3 aromatic heterocycles. The predicted molar refractivity (Wildman–Crippen MR) is 180 cm³/mol. The van der Waals surface area contributed by atoms with Crippen molar-refractivity contribution in [3.05, 3.63) is 113 Å². The molecule has 0 saturated carbocycles. The second kappa shape index (κ2) is 10.3. The number of allylic oxidation sites excluding steroid dienone is 2. The average Bonchev–Trinajstić information content (AvgIpc) is 3.70. The smallest absolute Gasteiger partial charge is 0.182 e. The molecule has 0 amide bonds. The molecule has 3 aromatic carbocycles. The van der Waals surface area contributed by atoms with Crippen LogP contribution in [-0.2, 0) is 5.41 Å². The number of nitrogens with zero attached hydrogens (tertiary/aromatic N) is 3. The van der Waals surface area contributed by atoms with E-state index in [1.165, 1.54) is 42.8 Å². The molecular formula is C36H33N3OS2. The summed E-state index contributed by atoms with van der Waals surface area (Å²) < 4.78 is 9.09. The Kier molecular flexibility index (Phi) is 6.56. The van der Waals surface area contributed by atoms with Crippen molar-refractivity contribution in [3.63, 3.8) is 0 Å². The lowest BCUT2D eigenvalue weighted by atomic mass is 9.87. The first-order valence-electron chi connectivity index (χ1n) is 14.2. The molecule has 6 heteroatoms. The summed E-state index contributed by atoms with van der Waals surface area (Å²) >= 11 is 3.48. The van der Waals surface area contributed by atoms with E-state index in [-0.39, 0.29) is 5.41 Å². The Bertz CT molecular complexity index is 1960. The van der Waals surface area contributed by atoms with E-state index in [2.05, 4.69) is 129 Å². The third-order valence-corrected chi connectivity index (χ3v) is 10.1. The second-order valence-electron chi connectivity index (χ2n) is 11.8. The lowest BCUT2D eigenvalue weighted by Crippen LogP contribution is -2.26. The Labute approximate surface area is 255 Å². The van der Waals surface area contributed by atoms with Gasteiger partial charge >= 0.3 is 0 Å². The standard InChI is InChI=1S/C36H33N3OS2/c1-23-24(2)39(22-38(23)26-10-7-6-8-11-26)27-12-9-13-28(19-27)40-34-21-31-30(20-33-29(15-17-41-33)35(31)42-34)32-18-25(14-16-37-32)36(3,4)5/h6-21H,22H2,1-5H3. The van der Waals surface area contributed by atoms with Gasteiger partial charge in [-0.05, 0) is 78.7 Å². The van der Waals surface area contributed by atoms with Crippen LogP contribution in [0.15, 0.2) is 108 Å². The third-order valence-electron chi connectivity index (χ3n) is 8.15. The minimum atomic E-state index is 0.0529. The molecular weight excluding hydrogens is 555 g/mol. The molecule has 1 aliphatic rings. The summed E-state index contributed by atoms with van der Waals surface area (Å²) in [6, 6.07) is 30.0. The number of hydrogen-bond donors (Lipinski definition) is 0. The van der Waals surface area contributed by atoms with Crippen LogP contribution in [0, 0.1) is 0 Å². The van der Waals surface area contributed by atoms with Crippen LogP contribution in [-0.4, -0.2) is 11.7 Å². The fourth-order valence-corrected chi connectivity index (χ4v) is 7.62. The Morgan fingerprint density at radius 2 is 1.55 bits per heavy atom. The van der Waals surface area contributed by atoms with Gasteiger partial charge in [0.05, 0.1) is 12.4 Å². The fourth-order valence-electron chi connectivity index (χ4n) is 5.64. The number of benzene rings is 3. The molecule has 0 fully saturated rings. The molecule has 42 heavy (non-hydrogen) atoms. The van der Waals surface area contributed by atoms with Gasteiger partial charge in [-0.1, -0.05) is 56.4 Å². The number of thiophene rings is 2. The predicted octanol–water partition coefficient (Wildman–Crippen LogP) is 10.8. The molecule has 0 radical (unpaired) electrons. The van der Waals surface area contributed by atoms with Crippen LogP contribution in [0.25, 0.3) is 31.4 Å². The quantitative estimate of drug-likeness (QED) is 0.201. The maximum Gasteiger partial charge on any atom is 0.182 e. The van der Waals surface area contributed by atoms with E-state index in [0.29, 0.717) is 0 Å². The SMILES string of the molecule is CC1=C(C)N(c2cccc(Oc3cc4c(-c5cc(C(C)(C)C)ccn5)cc5sccc5c4s3)c2)CN1c1ccccc1. The number of aromatic nitrogens is 1. The first-order chi connectivity index (χ1) is 20.3. The molecule has 0 aliphatic carbocycles. The van der Waals surface area contributed by atoms with Crippen LogP contribution < -0.4 is 14.5 Å². The van der Waals surface area contributed by atoms with Gasteiger partial charge in [0.1, 0.15) is 5.75 Å². The first-order valence-corrected chi connectivity index (χ1v) is 15.9. The number of pyridine rings is 1. The van der Waals surface area contributed by atoms with Crippen LogP contribution >= 0.6 is 22.7 Å². The van der Waals surface area contributed by atoms with Crippen molar-refractivity contribution >= 4 is 54.2 Å². The van der Waals surface area contributed by atoms with Crippen molar-refractivity contribution in [3.8, 4) is 22.1 Å². The molecule has 0 spiro atoms.